The molecular formula is C13H22N2OS. The summed E-state index contributed by atoms with van der Waals surface area (Å²) in [7, 11) is 0. The third-order valence-corrected chi connectivity index (χ3v) is 3.91. The van der Waals surface area contributed by atoms with Gasteiger partial charge < -0.3 is 11.1 Å². The van der Waals surface area contributed by atoms with E-state index in [0.29, 0.717) is 0 Å². The van der Waals surface area contributed by atoms with Gasteiger partial charge in [0, 0.05) is 9.75 Å². The number of hydrogen-bond acceptors (Lipinski definition) is 3. The van der Waals surface area contributed by atoms with Crippen LogP contribution >= 0.6 is 11.3 Å². The van der Waals surface area contributed by atoms with Crippen molar-refractivity contribution in [2.75, 3.05) is 0 Å². The highest BCUT2D eigenvalue weighted by Gasteiger charge is 2.20. The van der Waals surface area contributed by atoms with Crippen LogP contribution in [0.5, 0.6) is 0 Å². The van der Waals surface area contributed by atoms with Crippen LogP contribution in [0.25, 0.3) is 0 Å². The molecule has 1 rings (SSSR count). The average molecular weight is 254 g/mol. The first-order chi connectivity index (χ1) is 7.82. The fraction of sp³-hybridized carbons (Fsp3) is 0.615. The molecule has 1 heterocycles. The van der Waals surface area contributed by atoms with Gasteiger partial charge in [-0.3, -0.25) is 4.79 Å². The first kappa shape index (κ1) is 14.2. The van der Waals surface area contributed by atoms with Gasteiger partial charge in [0.05, 0.1) is 12.1 Å². The fourth-order valence-electron chi connectivity index (χ4n) is 1.77. The zero-order chi connectivity index (χ0) is 13.2. The Morgan fingerprint density at radius 2 is 1.94 bits per heavy atom. The number of aryl methyl sites for hydroxylation is 2. The molecule has 0 saturated carbocycles. The van der Waals surface area contributed by atoms with Crippen molar-refractivity contribution >= 4 is 17.2 Å². The third-order valence-electron chi connectivity index (χ3n) is 2.93. The van der Waals surface area contributed by atoms with Crippen molar-refractivity contribution in [3.05, 3.63) is 21.4 Å². The van der Waals surface area contributed by atoms with E-state index in [9.17, 15) is 4.79 Å². The number of nitrogens with two attached hydrogens (primary N) is 1. The third kappa shape index (κ3) is 3.54. The number of carbonyl (C=O) groups excluding carboxylic acids is 1. The molecule has 17 heavy (non-hydrogen) atoms. The van der Waals surface area contributed by atoms with Crippen LogP contribution in [-0.2, 0) is 4.79 Å². The van der Waals surface area contributed by atoms with Gasteiger partial charge in [-0.15, -0.1) is 11.3 Å². The lowest BCUT2D eigenvalue weighted by Crippen LogP contribution is -2.44. The Bertz CT molecular complexity index is 398. The number of nitrogens with one attached hydrogen (secondary N) is 1. The highest BCUT2D eigenvalue weighted by Crippen LogP contribution is 2.26. The highest BCUT2D eigenvalue weighted by atomic mass is 32.1. The van der Waals surface area contributed by atoms with E-state index in [2.05, 4.69) is 25.2 Å². The standard InChI is InChI=1S/C13H22N2OS/c1-7(2)12(14)13(16)15-9(4)11-6-8(3)17-10(11)5/h6-7,9,12H,14H2,1-5H3,(H,15,16)/t9?,12-/m0/s1. The van der Waals surface area contributed by atoms with Crippen LogP contribution < -0.4 is 11.1 Å². The molecule has 96 valence electrons. The molecule has 0 fully saturated rings. The maximum Gasteiger partial charge on any atom is 0.237 e. The number of carbonyl (C=O) groups is 1. The molecule has 0 aliphatic rings. The van der Waals surface area contributed by atoms with Crippen LogP contribution in [0.1, 0.15) is 42.1 Å². The molecule has 1 aromatic heterocycles. The molecule has 4 heteroatoms. The summed E-state index contributed by atoms with van der Waals surface area (Å²) in [5, 5.41) is 2.97. The molecule has 3 N–H and O–H groups in total. The normalized spacial score (nSPS) is 14.8. The van der Waals surface area contributed by atoms with E-state index >= 15 is 0 Å². The second-order valence-corrected chi connectivity index (χ2v) is 6.33. The van der Waals surface area contributed by atoms with E-state index in [4.69, 9.17) is 5.73 Å². The maximum absolute atomic E-state index is 11.9. The van der Waals surface area contributed by atoms with Crippen molar-refractivity contribution in [2.45, 2.75) is 46.7 Å². The minimum Gasteiger partial charge on any atom is -0.348 e. The Hall–Kier alpha value is -0.870. The summed E-state index contributed by atoms with van der Waals surface area (Å²) in [4.78, 5) is 14.4. The van der Waals surface area contributed by atoms with Gasteiger partial charge in [0.2, 0.25) is 5.91 Å². The monoisotopic (exact) mass is 254 g/mol. The van der Waals surface area contributed by atoms with E-state index < -0.39 is 6.04 Å². The van der Waals surface area contributed by atoms with Crippen LogP contribution in [0.3, 0.4) is 0 Å². The van der Waals surface area contributed by atoms with E-state index in [-0.39, 0.29) is 17.9 Å². The predicted octanol–water partition coefficient (Wildman–Crippen LogP) is 2.53. The van der Waals surface area contributed by atoms with E-state index in [1.807, 2.05) is 20.8 Å². The van der Waals surface area contributed by atoms with Gasteiger partial charge in [0.1, 0.15) is 0 Å². The summed E-state index contributed by atoms with van der Waals surface area (Å²) < 4.78 is 0. The van der Waals surface area contributed by atoms with Gasteiger partial charge in [0.15, 0.2) is 0 Å². The zero-order valence-electron chi connectivity index (χ0n) is 11.2. The largest absolute Gasteiger partial charge is 0.348 e. The minimum absolute atomic E-state index is 0.0252. The van der Waals surface area contributed by atoms with Crippen LogP contribution in [0, 0.1) is 19.8 Å². The summed E-state index contributed by atoms with van der Waals surface area (Å²) in [6.07, 6.45) is 0. The maximum atomic E-state index is 11.9. The number of rotatable bonds is 4. The summed E-state index contributed by atoms with van der Waals surface area (Å²) in [6.45, 7) is 10.1. The summed E-state index contributed by atoms with van der Waals surface area (Å²) in [5.74, 6) is 0.0864. The smallest absolute Gasteiger partial charge is 0.237 e. The van der Waals surface area contributed by atoms with Crippen molar-refractivity contribution < 1.29 is 4.79 Å². The molecule has 1 aromatic rings. The SMILES string of the molecule is Cc1cc(C(C)NC(=O)[C@@H](N)C(C)C)c(C)s1. The van der Waals surface area contributed by atoms with Crippen LogP contribution in [0.4, 0.5) is 0 Å². The van der Waals surface area contributed by atoms with Crippen molar-refractivity contribution in [3.63, 3.8) is 0 Å². The van der Waals surface area contributed by atoms with Crippen molar-refractivity contribution in [3.8, 4) is 0 Å². The molecule has 2 atom stereocenters. The van der Waals surface area contributed by atoms with Gasteiger partial charge in [-0.25, -0.2) is 0 Å². The van der Waals surface area contributed by atoms with Gasteiger partial charge in [0.25, 0.3) is 0 Å². The number of thiophene rings is 1. The van der Waals surface area contributed by atoms with Crippen molar-refractivity contribution in [1.82, 2.24) is 5.32 Å². The Morgan fingerprint density at radius 1 is 1.35 bits per heavy atom. The predicted molar refractivity (Wildman–Crippen MR) is 73.2 cm³/mol. The highest BCUT2D eigenvalue weighted by molar-refractivity contribution is 7.12. The lowest BCUT2D eigenvalue weighted by molar-refractivity contribution is -0.123. The molecule has 0 spiro atoms. The summed E-state index contributed by atoms with van der Waals surface area (Å²) >= 11 is 1.76. The summed E-state index contributed by atoms with van der Waals surface area (Å²) in [6, 6.07) is 1.72. The second kappa shape index (κ2) is 5.65. The topological polar surface area (TPSA) is 55.1 Å². The molecule has 0 aromatic carbocycles. The molecule has 1 unspecified atom stereocenters. The Kier molecular flexibility index (Phi) is 4.71. The van der Waals surface area contributed by atoms with Crippen molar-refractivity contribution in [1.29, 1.82) is 0 Å². The number of hydrogen-bond donors (Lipinski definition) is 2. The molecule has 0 radical (unpaired) electrons. The van der Waals surface area contributed by atoms with Gasteiger partial charge >= 0.3 is 0 Å². The molecule has 0 aliphatic heterocycles. The van der Waals surface area contributed by atoms with E-state index in [0.717, 1.165) is 0 Å². The van der Waals surface area contributed by atoms with Crippen molar-refractivity contribution in [2.24, 2.45) is 11.7 Å². The molecular weight excluding hydrogens is 232 g/mol. The molecule has 0 saturated heterocycles. The first-order valence-corrected chi connectivity index (χ1v) is 6.77. The van der Waals surface area contributed by atoms with Crippen LogP contribution in [0.15, 0.2) is 6.07 Å². The zero-order valence-corrected chi connectivity index (χ0v) is 12.0. The molecule has 0 aliphatic carbocycles. The minimum atomic E-state index is -0.433. The molecule has 3 nitrogen and oxygen atoms in total. The quantitative estimate of drug-likeness (QED) is 0.867. The first-order valence-electron chi connectivity index (χ1n) is 5.95. The van der Waals surface area contributed by atoms with Gasteiger partial charge in [-0.2, -0.15) is 0 Å². The Morgan fingerprint density at radius 3 is 2.35 bits per heavy atom. The van der Waals surface area contributed by atoms with Crippen LogP contribution in [-0.4, -0.2) is 11.9 Å². The average Bonchev–Trinajstić information content (AvgIpc) is 2.56. The second-order valence-electron chi connectivity index (χ2n) is 4.87. The molecule has 1 amide bonds. The van der Waals surface area contributed by atoms with Gasteiger partial charge in [-0.1, -0.05) is 13.8 Å². The lowest BCUT2D eigenvalue weighted by Gasteiger charge is -2.19. The summed E-state index contributed by atoms with van der Waals surface area (Å²) in [5.41, 5.74) is 7.01. The van der Waals surface area contributed by atoms with E-state index in [1.54, 1.807) is 11.3 Å². The van der Waals surface area contributed by atoms with E-state index in [1.165, 1.54) is 15.3 Å². The van der Waals surface area contributed by atoms with Gasteiger partial charge in [-0.05, 0) is 38.3 Å². The Labute approximate surface area is 107 Å². The van der Waals surface area contributed by atoms with Crippen LogP contribution in [0.2, 0.25) is 0 Å². The fourth-order valence-corrected chi connectivity index (χ4v) is 2.79. The molecule has 0 bridgehead atoms. The Balaban J connectivity index is 2.70. The lowest BCUT2D eigenvalue weighted by atomic mass is 10.0. The number of amides is 1.